The van der Waals surface area contributed by atoms with E-state index in [0.29, 0.717) is 6.07 Å². The number of hydrogen-bond donors (Lipinski definition) is 0. The molecule has 0 fully saturated rings. The molecule has 8 heteroatoms. The number of aryl methyl sites for hydroxylation is 1. The van der Waals surface area contributed by atoms with Crippen LogP contribution in [0.25, 0.3) is 11.3 Å². The van der Waals surface area contributed by atoms with Crippen LogP contribution in [0.4, 0.5) is 26.3 Å². The van der Waals surface area contributed by atoms with Crippen molar-refractivity contribution in [3.05, 3.63) is 41.6 Å². The van der Waals surface area contributed by atoms with Crippen LogP contribution in [-0.4, -0.2) is 9.78 Å². The van der Waals surface area contributed by atoms with Gasteiger partial charge >= 0.3 is 12.4 Å². The number of halogens is 6. The van der Waals surface area contributed by atoms with Crippen molar-refractivity contribution in [1.29, 1.82) is 0 Å². The molecule has 0 N–H and O–H groups in total. The van der Waals surface area contributed by atoms with Crippen LogP contribution < -0.4 is 0 Å². The maximum Gasteiger partial charge on any atom is 0.417 e. The molecule has 0 unspecified atom stereocenters. The lowest BCUT2D eigenvalue weighted by Gasteiger charge is -2.18. The van der Waals surface area contributed by atoms with Crippen LogP contribution in [0, 0.1) is 0 Å². The lowest BCUT2D eigenvalue weighted by Crippen LogP contribution is -2.17. The number of benzene rings is 1. The topological polar surface area (TPSA) is 17.8 Å². The van der Waals surface area contributed by atoms with Gasteiger partial charge in [-0.2, -0.15) is 31.4 Å². The fraction of sp³-hybridized carbons (Fsp3) is 0.250. The predicted molar refractivity (Wildman–Crippen MR) is 58.6 cm³/mol. The quantitative estimate of drug-likeness (QED) is 0.723. The average molecular weight is 294 g/mol. The highest BCUT2D eigenvalue weighted by Gasteiger charge is 2.45. The highest BCUT2D eigenvalue weighted by molar-refractivity contribution is 5.66. The molecule has 0 atom stereocenters. The fourth-order valence-electron chi connectivity index (χ4n) is 1.87. The first-order valence-electron chi connectivity index (χ1n) is 5.38. The second-order valence-corrected chi connectivity index (χ2v) is 4.10. The van der Waals surface area contributed by atoms with Gasteiger partial charge in [-0.3, -0.25) is 4.68 Å². The summed E-state index contributed by atoms with van der Waals surface area (Å²) >= 11 is 0. The maximum absolute atomic E-state index is 13.0. The standard InChI is InChI=1S/C12H8F6N2/c1-20-6-5-9(19-20)7-3-2-4-8(11(13,14)15)10(7)12(16,17)18/h2-6H,1H3. The van der Waals surface area contributed by atoms with Crippen molar-refractivity contribution in [1.82, 2.24) is 9.78 Å². The first kappa shape index (κ1) is 14.4. The third-order valence-corrected chi connectivity index (χ3v) is 2.64. The first-order chi connectivity index (χ1) is 9.10. The predicted octanol–water partition coefficient (Wildman–Crippen LogP) is 4.12. The Kier molecular flexibility index (Phi) is 3.27. The van der Waals surface area contributed by atoms with Crippen molar-refractivity contribution in [2.75, 3.05) is 0 Å². The molecule has 108 valence electrons. The Morgan fingerprint density at radius 3 is 2.05 bits per heavy atom. The summed E-state index contributed by atoms with van der Waals surface area (Å²) in [6.45, 7) is 0. The lowest BCUT2D eigenvalue weighted by atomic mass is 9.98. The number of rotatable bonds is 1. The van der Waals surface area contributed by atoms with Crippen molar-refractivity contribution >= 4 is 0 Å². The zero-order valence-corrected chi connectivity index (χ0v) is 10.0. The van der Waals surface area contributed by atoms with E-state index in [-0.39, 0.29) is 5.69 Å². The Bertz CT molecular complexity index is 624. The molecule has 0 aliphatic heterocycles. The van der Waals surface area contributed by atoms with Gasteiger partial charge in [0.2, 0.25) is 0 Å². The Morgan fingerprint density at radius 2 is 1.60 bits per heavy atom. The molecule has 0 aliphatic rings. The molecular formula is C12H8F6N2. The zero-order chi connectivity index (χ0) is 15.1. The summed E-state index contributed by atoms with van der Waals surface area (Å²) in [6, 6.07) is 3.54. The van der Waals surface area contributed by atoms with Crippen molar-refractivity contribution in [2.24, 2.45) is 7.05 Å². The summed E-state index contributed by atoms with van der Waals surface area (Å²) in [5.74, 6) is 0. The summed E-state index contributed by atoms with van der Waals surface area (Å²) in [7, 11) is 1.46. The van der Waals surface area contributed by atoms with E-state index in [0.717, 1.165) is 12.1 Å². The van der Waals surface area contributed by atoms with Gasteiger partial charge in [0.05, 0.1) is 16.8 Å². The Labute approximate surface area is 109 Å². The third-order valence-electron chi connectivity index (χ3n) is 2.64. The number of hydrogen-bond acceptors (Lipinski definition) is 1. The molecule has 1 aromatic carbocycles. The van der Waals surface area contributed by atoms with E-state index in [1.54, 1.807) is 0 Å². The van der Waals surface area contributed by atoms with Gasteiger partial charge < -0.3 is 0 Å². The van der Waals surface area contributed by atoms with E-state index in [1.807, 2.05) is 0 Å². The average Bonchev–Trinajstić information content (AvgIpc) is 2.72. The molecule has 2 nitrogen and oxygen atoms in total. The van der Waals surface area contributed by atoms with Crippen LogP contribution in [-0.2, 0) is 19.4 Å². The minimum absolute atomic E-state index is 0.161. The molecule has 0 saturated carbocycles. The van der Waals surface area contributed by atoms with Crippen LogP contribution in [0.3, 0.4) is 0 Å². The van der Waals surface area contributed by atoms with Crippen molar-refractivity contribution < 1.29 is 26.3 Å². The molecule has 0 radical (unpaired) electrons. The highest BCUT2D eigenvalue weighted by Crippen LogP contribution is 2.44. The summed E-state index contributed by atoms with van der Waals surface area (Å²) in [5.41, 5.74) is -4.18. The smallest absolute Gasteiger partial charge is 0.275 e. The summed E-state index contributed by atoms with van der Waals surface area (Å²) in [4.78, 5) is 0. The normalized spacial score (nSPS) is 12.8. The van der Waals surface area contributed by atoms with Crippen LogP contribution in [0.5, 0.6) is 0 Å². The molecule has 0 bridgehead atoms. The van der Waals surface area contributed by atoms with E-state index >= 15 is 0 Å². The second-order valence-electron chi connectivity index (χ2n) is 4.10. The van der Waals surface area contributed by atoms with Gasteiger partial charge in [-0.1, -0.05) is 12.1 Å². The molecule has 2 rings (SSSR count). The molecular weight excluding hydrogens is 286 g/mol. The molecule has 20 heavy (non-hydrogen) atoms. The summed E-state index contributed by atoms with van der Waals surface area (Å²) in [5, 5.41) is 3.73. The minimum Gasteiger partial charge on any atom is -0.275 e. The fourth-order valence-corrected chi connectivity index (χ4v) is 1.87. The van der Waals surface area contributed by atoms with Gasteiger partial charge in [0.25, 0.3) is 0 Å². The monoisotopic (exact) mass is 294 g/mol. The SMILES string of the molecule is Cn1ccc(-c2cccc(C(F)(F)F)c2C(F)(F)F)n1. The van der Waals surface area contributed by atoms with Gasteiger partial charge in [0, 0.05) is 18.8 Å². The first-order valence-corrected chi connectivity index (χ1v) is 5.38. The molecule has 2 aromatic rings. The molecule has 0 aliphatic carbocycles. The lowest BCUT2D eigenvalue weighted by molar-refractivity contribution is -0.161. The minimum atomic E-state index is -5.13. The van der Waals surface area contributed by atoms with E-state index in [1.165, 1.54) is 24.0 Å². The van der Waals surface area contributed by atoms with Gasteiger partial charge in [0.1, 0.15) is 0 Å². The maximum atomic E-state index is 13.0. The number of alkyl halides is 6. The molecule has 0 amide bonds. The van der Waals surface area contributed by atoms with Crippen molar-refractivity contribution in [3.63, 3.8) is 0 Å². The van der Waals surface area contributed by atoms with Crippen LogP contribution >= 0.6 is 0 Å². The van der Waals surface area contributed by atoms with E-state index in [9.17, 15) is 26.3 Å². The highest BCUT2D eigenvalue weighted by atomic mass is 19.4. The Balaban J connectivity index is 2.76. The van der Waals surface area contributed by atoms with Gasteiger partial charge in [0.15, 0.2) is 0 Å². The summed E-state index contributed by atoms with van der Waals surface area (Å²) < 4.78 is 78.5. The molecule has 1 heterocycles. The molecule has 0 saturated heterocycles. The van der Waals surface area contributed by atoms with E-state index in [2.05, 4.69) is 5.10 Å². The second kappa shape index (κ2) is 4.53. The van der Waals surface area contributed by atoms with Gasteiger partial charge in [-0.25, -0.2) is 0 Å². The Morgan fingerprint density at radius 1 is 0.950 bits per heavy atom. The third kappa shape index (κ3) is 2.63. The summed E-state index contributed by atoms with van der Waals surface area (Å²) in [6.07, 6.45) is -8.86. The van der Waals surface area contributed by atoms with Crippen LogP contribution in [0.1, 0.15) is 11.1 Å². The number of aromatic nitrogens is 2. The number of nitrogens with zero attached hydrogens (tertiary/aromatic N) is 2. The van der Waals surface area contributed by atoms with Crippen molar-refractivity contribution in [3.8, 4) is 11.3 Å². The zero-order valence-electron chi connectivity index (χ0n) is 10.0. The van der Waals surface area contributed by atoms with Crippen LogP contribution in [0.15, 0.2) is 30.5 Å². The van der Waals surface area contributed by atoms with E-state index < -0.39 is 29.0 Å². The van der Waals surface area contributed by atoms with E-state index in [4.69, 9.17) is 0 Å². The van der Waals surface area contributed by atoms with Gasteiger partial charge in [-0.05, 0) is 12.1 Å². The van der Waals surface area contributed by atoms with Crippen LogP contribution in [0.2, 0.25) is 0 Å². The van der Waals surface area contributed by atoms with Gasteiger partial charge in [-0.15, -0.1) is 0 Å². The Hall–Kier alpha value is -1.99. The molecule has 0 spiro atoms. The molecule has 1 aromatic heterocycles. The largest absolute Gasteiger partial charge is 0.417 e. The van der Waals surface area contributed by atoms with Crippen molar-refractivity contribution in [2.45, 2.75) is 12.4 Å².